The Morgan fingerprint density at radius 2 is 1.89 bits per heavy atom. The highest BCUT2D eigenvalue weighted by molar-refractivity contribution is 5.86. The largest absolute Gasteiger partial charge is 0.485 e. The zero-order valence-electron chi connectivity index (χ0n) is 21.8. The normalized spacial score (nSPS) is 14.5. The van der Waals surface area contributed by atoms with E-state index >= 15 is 0 Å². The Morgan fingerprint density at radius 3 is 2.61 bits per heavy atom. The molecule has 200 valence electrons. The maximum absolute atomic E-state index is 13.0. The zero-order chi connectivity index (χ0) is 27.4. The highest BCUT2D eigenvalue weighted by Gasteiger charge is 2.40. The van der Waals surface area contributed by atoms with Gasteiger partial charge in [0.05, 0.1) is 6.54 Å². The molecule has 3 aromatic rings. The van der Waals surface area contributed by atoms with Crippen molar-refractivity contribution < 1.29 is 32.6 Å². The third-order valence-corrected chi connectivity index (χ3v) is 6.10. The molecular formula is C29H30FNO7. The summed E-state index contributed by atoms with van der Waals surface area (Å²) in [6.07, 6.45) is 1.95. The lowest BCUT2D eigenvalue weighted by Crippen LogP contribution is -2.45. The fraction of sp³-hybridized carbons (Fsp3) is 0.345. The Kier molecular flexibility index (Phi) is 7.97. The Labute approximate surface area is 219 Å². The number of fused-ring (bicyclic) bond motifs is 2. The number of carbonyl (C=O) groups is 2. The van der Waals surface area contributed by atoms with Gasteiger partial charge in [-0.25, -0.2) is 14.0 Å². The Balaban J connectivity index is 1.36. The summed E-state index contributed by atoms with van der Waals surface area (Å²) in [6, 6.07) is 11.1. The zero-order valence-corrected chi connectivity index (χ0v) is 21.8. The van der Waals surface area contributed by atoms with Crippen molar-refractivity contribution >= 4 is 22.9 Å². The molecular weight excluding hydrogens is 493 g/mol. The van der Waals surface area contributed by atoms with Crippen molar-refractivity contribution in [3.05, 3.63) is 81.5 Å². The van der Waals surface area contributed by atoms with Crippen LogP contribution in [0.3, 0.4) is 0 Å². The average Bonchev–Trinajstić information content (AvgIpc) is 3.25. The van der Waals surface area contributed by atoms with Crippen molar-refractivity contribution in [2.45, 2.75) is 52.2 Å². The van der Waals surface area contributed by atoms with E-state index in [9.17, 15) is 18.8 Å². The fourth-order valence-corrected chi connectivity index (χ4v) is 4.14. The molecule has 1 atom stereocenters. The standard InChI is InChI=1S/C29H30FNO7/c1-17(2)11-26(32)36-24-13-19-12-20-14-25(35-22(20)15-23(19)37-28(24)34)29(3,4)38-27(33)16-31-10-9-18-5-7-21(30)8-6-18/h5-8,11-13,15,25,31H,9-10,14,16H2,1-4H3/t25-/m0/s1. The van der Waals surface area contributed by atoms with Crippen molar-refractivity contribution in [3.63, 3.8) is 0 Å². The summed E-state index contributed by atoms with van der Waals surface area (Å²) in [5, 5.41) is 3.62. The molecule has 9 heteroatoms. The lowest BCUT2D eigenvalue weighted by molar-refractivity contribution is -0.163. The van der Waals surface area contributed by atoms with Crippen LogP contribution in [0.4, 0.5) is 4.39 Å². The van der Waals surface area contributed by atoms with Gasteiger partial charge in [0.25, 0.3) is 0 Å². The molecule has 2 heterocycles. The smallest absolute Gasteiger partial charge is 0.379 e. The van der Waals surface area contributed by atoms with Crippen LogP contribution in [0, 0.1) is 5.82 Å². The third kappa shape index (κ3) is 6.66. The van der Waals surface area contributed by atoms with Crippen molar-refractivity contribution in [1.29, 1.82) is 0 Å². The first-order valence-corrected chi connectivity index (χ1v) is 12.3. The SMILES string of the molecule is CC(C)=CC(=O)Oc1cc2cc3c(cc2oc1=O)O[C@H](C(C)(C)OC(=O)CNCCc1ccc(F)cc1)C3. The number of benzene rings is 2. The second-order valence-corrected chi connectivity index (χ2v) is 9.98. The summed E-state index contributed by atoms with van der Waals surface area (Å²) < 4.78 is 35.3. The summed E-state index contributed by atoms with van der Waals surface area (Å²) in [6.45, 7) is 7.61. The van der Waals surface area contributed by atoms with Crippen molar-refractivity contribution in [1.82, 2.24) is 5.32 Å². The van der Waals surface area contributed by atoms with Crippen molar-refractivity contribution in [3.8, 4) is 11.5 Å². The third-order valence-electron chi connectivity index (χ3n) is 6.10. The molecule has 0 spiro atoms. The Bertz CT molecular complexity index is 1440. The number of ether oxygens (including phenoxy) is 3. The minimum absolute atomic E-state index is 0.0214. The van der Waals surface area contributed by atoms with Gasteiger partial charge in [0.15, 0.2) is 0 Å². The summed E-state index contributed by atoms with van der Waals surface area (Å²) in [7, 11) is 0. The van der Waals surface area contributed by atoms with Gasteiger partial charge in [-0.2, -0.15) is 0 Å². The predicted molar refractivity (Wildman–Crippen MR) is 139 cm³/mol. The fourth-order valence-electron chi connectivity index (χ4n) is 4.14. The molecule has 0 unspecified atom stereocenters. The van der Waals surface area contributed by atoms with Gasteiger partial charge in [-0.05, 0) is 76.1 Å². The van der Waals surface area contributed by atoms with E-state index in [2.05, 4.69) is 5.32 Å². The van der Waals surface area contributed by atoms with E-state index < -0.39 is 29.3 Å². The Hall–Kier alpha value is -3.98. The summed E-state index contributed by atoms with van der Waals surface area (Å²) in [5.74, 6) is -1.03. The van der Waals surface area contributed by atoms with Crippen LogP contribution in [0.1, 0.15) is 38.8 Å². The van der Waals surface area contributed by atoms with Gasteiger partial charge in [0.1, 0.15) is 28.9 Å². The summed E-state index contributed by atoms with van der Waals surface area (Å²) in [5.41, 5.74) is 1.13. The number of rotatable bonds is 9. The maximum Gasteiger partial charge on any atom is 0.379 e. The molecule has 0 aliphatic carbocycles. The van der Waals surface area contributed by atoms with Crippen molar-refractivity contribution in [2.24, 2.45) is 0 Å². The predicted octanol–water partition coefficient (Wildman–Crippen LogP) is 4.26. The highest BCUT2D eigenvalue weighted by atomic mass is 19.1. The second kappa shape index (κ2) is 11.2. The Morgan fingerprint density at radius 1 is 1.16 bits per heavy atom. The molecule has 0 bridgehead atoms. The van der Waals surface area contributed by atoms with E-state index in [0.717, 1.165) is 16.7 Å². The number of nitrogens with one attached hydrogen (secondary N) is 1. The number of hydrogen-bond acceptors (Lipinski definition) is 8. The van der Waals surface area contributed by atoms with E-state index in [1.165, 1.54) is 24.3 Å². The number of allylic oxidation sites excluding steroid dienone is 1. The number of hydrogen-bond donors (Lipinski definition) is 1. The van der Waals surface area contributed by atoms with Gasteiger partial charge in [-0.1, -0.05) is 17.7 Å². The molecule has 8 nitrogen and oxygen atoms in total. The molecule has 1 N–H and O–H groups in total. The number of halogens is 1. The van der Waals surface area contributed by atoms with E-state index in [-0.39, 0.29) is 23.7 Å². The molecule has 2 aromatic carbocycles. The van der Waals surface area contributed by atoms with E-state index in [0.29, 0.717) is 30.5 Å². The van der Waals surface area contributed by atoms with Crippen LogP contribution in [0.15, 0.2) is 63.3 Å². The molecule has 1 aromatic heterocycles. The molecule has 4 rings (SSSR count). The second-order valence-electron chi connectivity index (χ2n) is 9.98. The molecule has 0 fully saturated rings. The van der Waals surface area contributed by atoms with Crippen LogP contribution in [-0.4, -0.2) is 36.7 Å². The molecule has 0 amide bonds. The van der Waals surface area contributed by atoms with Crippen molar-refractivity contribution in [2.75, 3.05) is 13.1 Å². The van der Waals surface area contributed by atoms with E-state index in [1.54, 1.807) is 52.0 Å². The molecule has 0 radical (unpaired) electrons. The lowest BCUT2D eigenvalue weighted by Gasteiger charge is -2.30. The average molecular weight is 524 g/mol. The number of carbonyl (C=O) groups excluding carboxylic acids is 2. The van der Waals surface area contributed by atoms with Gasteiger partial charge >= 0.3 is 17.6 Å². The van der Waals surface area contributed by atoms with Crippen LogP contribution in [0.2, 0.25) is 0 Å². The minimum atomic E-state index is -0.938. The van der Waals surface area contributed by atoms with E-state index in [1.807, 2.05) is 0 Å². The first-order valence-electron chi connectivity index (χ1n) is 12.3. The first-order chi connectivity index (χ1) is 18.0. The van der Waals surface area contributed by atoms with Gasteiger partial charge in [0.2, 0.25) is 5.75 Å². The lowest BCUT2D eigenvalue weighted by atomic mass is 9.96. The molecule has 1 aliphatic heterocycles. The summed E-state index contributed by atoms with van der Waals surface area (Å²) >= 11 is 0. The topological polar surface area (TPSA) is 104 Å². The van der Waals surface area contributed by atoms with Crippen LogP contribution in [0.5, 0.6) is 11.5 Å². The van der Waals surface area contributed by atoms with Gasteiger partial charge < -0.3 is 23.9 Å². The van der Waals surface area contributed by atoms with Crippen LogP contribution < -0.4 is 20.4 Å². The summed E-state index contributed by atoms with van der Waals surface area (Å²) in [4.78, 5) is 36.7. The molecule has 0 saturated carbocycles. The van der Waals surface area contributed by atoms with Crippen LogP contribution in [-0.2, 0) is 27.2 Å². The van der Waals surface area contributed by atoms with E-state index in [4.69, 9.17) is 18.6 Å². The van der Waals surface area contributed by atoms with Crippen LogP contribution in [0.25, 0.3) is 11.0 Å². The van der Waals surface area contributed by atoms with Gasteiger partial charge in [-0.3, -0.25) is 4.79 Å². The quantitative estimate of drug-likeness (QED) is 0.192. The highest BCUT2D eigenvalue weighted by Crippen LogP contribution is 2.37. The molecule has 38 heavy (non-hydrogen) atoms. The maximum atomic E-state index is 13.0. The minimum Gasteiger partial charge on any atom is -0.485 e. The van der Waals surface area contributed by atoms with Crippen LogP contribution >= 0.6 is 0 Å². The first kappa shape index (κ1) is 27.1. The number of esters is 2. The molecule has 0 saturated heterocycles. The molecule has 1 aliphatic rings. The van der Waals surface area contributed by atoms with Gasteiger partial charge in [0, 0.05) is 23.9 Å². The van der Waals surface area contributed by atoms with Gasteiger partial charge in [-0.15, -0.1) is 0 Å². The monoisotopic (exact) mass is 523 g/mol.